The van der Waals surface area contributed by atoms with Crippen LogP contribution in [0.2, 0.25) is 10.0 Å². The normalized spacial score (nSPS) is 16.0. The van der Waals surface area contributed by atoms with Crippen LogP contribution in [0.3, 0.4) is 0 Å². The molecule has 0 aliphatic carbocycles. The number of hydrogen-bond donors (Lipinski definition) is 1. The van der Waals surface area contributed by atoms with Gasteiger partial charge in [0.25, 0.3) is 0 Å². The summed E-state index contributed by atoms with van der Waals surface area (Å²) in [5.41, 5.74) is 1.78. The van der Waals surface area contributed by atoms with Crippen molar-refractivity contribution in [1.82, 2.24) is 4.90 Å². The molecule has 25 heavy (non-hydrogen) atoms. The summed E-state index contributed by atoms with van der Waals surface area (Å²) in [5, 5.41) is 4.40. The maximum Gasteiger partial charge on any atom is 0.227 e. The molecule has 3 rings (SSSR count). The molecule has 0 unspecified atom stereocenters. The van der Waals surface area contributed by atoms with Crippen LogP contribution < -0.4 is 5.32 Å². The third kappa shape index (κ3) is 4.98. The number of nitrogens with zero attached hydrogens (tertiary/aromatic N) is 1. The Morgan fingerprint density at radius 2 is 1.76 bits per heavy atom. The molecule has 1 N–H and O–H groups in total. The van der Waals surface area contributed by atoms with Gasteiger partial charge < -0.3 is 5.32 Å². The molecule has 0 bridgehead atoms. The van der Waals surface area contributed by atoms with E-state index in [-0.39, 0.29) is 11.8 Å². The zero-order valence-corrected chi connectivity index (χ0v) is 16.7. The van der Waals surface area contributed by atoms with Crippen LogP contribution in [0.4, 0.5) is 5.69 Å². The van der Waals surface area contributed by atoms with Crippen LogP contribution in [-0.4, -0.2) is 23.9 Å². The molecule has 0 saturated carbocycles. The van der Waals surface area contributed by atoms with E-state index in [9.17, 15) is 4.79 Å². The SMILES string of the molecule is O=C(Nc1cccc(Br)c1)C1CCN(Cc2c(Cl)cccc2Cl)CC1. The van der Waals surface area contributed by atoms with Crippen molar-refractivity contribution < 1.29 is 4.79 Å². The number of piperidine rings is 1. The van der Waals surface area contributed by atoms with E-state index in [0.29, 0.717) is 10.0 Å². The smallest absolute Gasteiger partial charge is 0.227 e. The molecular weight excluding hydrogens is 423 g/mol. The lowest BCUT2D eigenvalue weighted by molar-refractivity contribution is -0.121. The second-order valence-electron chi connectivity index (χ2n) is 6.25. The lowest BCUT2D eigenvalue weighted by Gasteiger charge is -2.31. The average molecular weight is 442 g/mol. The zero-order chi connectivity index (χ0) is 17.8. The number of rotatable bonds is 4. The molecule has 1 amide bonds. The standard InChI is InChI=1S/C19H19BrCl2N2O/c20-14-3-1-4-15(11-14)23-19(25)13-7-9-24(10-8-13)12-16-17(21)5-2-6-18(16)22/h1-6,11,13H,7-10,12H2,(H,23,25). The van der Waals surface area contributed by atoms with Crippen LogP contribution in [0.5, 0.6) is 0 Å². The minimum atomic E-state index is 0.0388. The largest absolute Gasteiger partial charge is 0.326 e. The van der Waals surface area contributed by atoms with Gasteiger partial charge in [-0.3, -0.25) is 9.69 Å². The molecular formula is C19H19BrCl2N2O. The molecule has 2 aromatic rings. The van der Waals surface area contributed by atoms with E-state index in [1.807, 2.05) is 42.5 Å². The summed E-state index contributed by atoms with van der Waals surface area (Å²) < 4.78 is 0.955. The van der Waals surface area contributed by atoms with E-state index >= 15 is 0 Å². The van der Waals surface area contributed by atoms with Crippen molar-refractivity contribution in [2.75, 3.05) is 18.4 Å². The third-order valence-corrected chi connectivity index (χ3v) is 5.70. The van der Waals surface area contributed by atoms with Crippen molar-refractivity contribution in [3.05, 3.63) is 62.5 Å². The first kappa shape index (κ1) is 18.7. The minimum Gasteiger partial charge on any atom is -0.326 e. The number of likely N-dealkylation sites (tertiary alicyclic amines) is 1. The number of amides is 1. The van der Waals surface area contributed by atoms with Crippen LogP contribution in [0.25, 0.3) is 0 Å². The lowest BCUT2D eigenvalue weighted by Crippen LogP contribution is -2.37. The first-order chi connectivity index (χ1) is 12.0. The van der Waals surface area contributed by atoms with Crippen molar-refractivity contribution in [3.63, 3.8) is 0 Å². The lowest BCUT2D eigenvalue weighted by atomic mass is 9.95. The van der Waals surface area contributed by atoms with E-state index in [0.717, 1.165) is 48.2 Å². The number of hydrogen-bond acceptors (Lipinski definition) is 2. The van der Waals surface area contributed by atoms with Crippen molar-refractivity contribution in [3.8, 4) is 0 Å². The van der Waals surface area contributed by atoms with Crippen LogP contribution in [0, 0.1) is 5.92 Å². The Balaban J connectivity index is 1.54. The molecule has 1 aliphatic heterocycles. The maximum absolute atomic E-state index is 12.5. The molecule has 0 radical (unpaired) electrons. The summed E-state index contributed by atoms with van der Waals surface area (Å²) in [5.74, 6) is 0.130. The van der Waals surface area contributed by atoms with Crippen molar-refractivity contribution >= 4 is 50.7 Å². The highest BCUT2D eigenvalue weighted by Crippen LogP contribution is 2.28. The zero-order valence-electron chi connectivity index (χ0n) is 13.6. The van der Waals surface area contributed by atoms with Gasteiger partial charge in [0.15, 0.2) is 0 Å². The van der Waals surface area contributed by atoms with Crippen molar-refractivity contribution in [2.24, 2.45) is 5.92 Å². The number of carbonyl (C=O) groups excluding carboxylic acids is 1. The molecule has 132 valence electrons. The van der Waals surface area contributed by atoms with Crippen LogP contribution in [0.15, 0.2) is 46.9 Å². The van der Waals surface area contributed by atoms with Gasteiger partial charge in [-0.1, -0.05) is 51.3 Å². The van der Waals surface area contributed by atoms with Crippen molar-refractivity contribution in [1.29, 1.82) is 0 Å². The monoisotopic (exact) mass is 440 g/mol. The summed E-state index contributed by atoms with van der Waals surface area (Å²) in [7, 11) is 0. The van der Waals surface area contributed by atoms with Gasteiger partial charge in [-0.15, -0.1) is 0 Å². The Morgan fingerprint density at radius 3 is 2.40 bits per heavy atom. The molecule has 2 aromatic carbocycles. The van der Waals surface area contributed by atoms with Gasteiger partial charge in [0.2, 0.25) is 5.91 Å². The van der Waals surface area contributed by atoms with E-state index in [2.05, 4.69) is 26.1 Å². The van der Waals surface area contributed by atoms with E-state index in [1.165, 1.54) is 0 Å². The second kappa shape index (κ2) is 8.54. The Labute approximate surface area is 166 Å². The minimum absolute atomic E-state index is 0.0388. The van der Waals surface area contributed by atoms with Crippen LogP contribution in [-0.2, 0) is 11.3 Å². The molecule has 1 heterocycles. The fraction of sp³-hybridized carbons (Fsp3) is 0.316. The predicted octanol–water partition coefficient (Wildman–Crippen LogP) is 5.61. The van der Waals surface area contributed by atoms with Gasteiger partial charge in [-0.25, -0.2) is 0 Å². The molecule has 0 aromatic heterocycles. The summed E-state index contributed by atoms with van der Waals surface area (Å²) in [6.07, 6.45) is 1.67. The summed E-state index contributed by atoms with van der Waals surface area (Å²) >= 11 is 15.9. The number of nitrogens with one attached hydrogen (secondary N) is 1. The van der Waals surface area contributed by atoms with Gasteiger partial charge in [0.1, 0.15) is 0 Å². The Hall–Kier alpha value is -1.07. The molecule has 0 atom stereocenters. The highest BCUT2D eigenvalue weighted by Gasteiger charge is 2.25. The van der Waals surface area contributed by atoms with Gasteiger partial charge in [-0.05, 0) is 56.3 Å². The molecule has 1 fully saturated rings. The van der Waals surface area contributed by atoms with Crippen LogP contribution in [0.1, 0.15) is 18.4 Å². The molecule has 6 heteroatoms. The summed E-state index contributed by atoms with van der Waals surface area (Å²) in [4.78, 5) is 14.8. The highest BCUT2D eigenvalue weighted by atomic mass is 79.9. The Bertz CT molecular complexity index is 741. The Morgan fingerprint density at radius 1 is 1.12 bits per heavy atom. The number of halogens is 3. The highest BCUT2D eigenvalue weighted by molar-refractivity contribution is 9.10. The quantitative estimate of drug-likeness (QED) is 0.668. The van der Waals surface area contributed by atoms with Crippen molar-refractivity contribution in [2.45, 2.75) is 19.4 Å². The fourth-order valence-corrected chi connectivity index (χ4v) is 3.99. The average Bonchev–Trinajstić information content (AvgIpc) is 2.59. The molecule has 0 spiro atoms. The van der Waals surface area contributed by atoms with Gasteiger partial charge in [-0.2, -0.15) is 0 Å². The van der Waals surface area contributed by atoms with Gasteiger partial charge in [0, 0.05) is 38.2 Å². The van der Waals surface area contributed by atoms with E-state index in [4.69, 9.17) is 23.2 Å². The predicted molar refractivity (Wildman–Crippen MR) is 107 cm³/mol. The fourth-order valence-electron chi connectivity index (χ4n) is 3.07. The molecule has 1 saturated heterocycles. The van der Waals surface area contributed by atoms with Crippen LogP contribution >= 0.6 is 39.1 Å². The third-order valence-electron chi connectivity index (χ3n) is 4.49. The van der Waals surface area contributed by atoms with Gasteiger partial charge in [0.05, 0.1) is 0 Å². The second-order valence-corrected chi connectivity index (χ2v) is 7.98. The summed E-state index contributed by atoms with van der Waals surface area (Å²) in [6, 6.07) is 13.2. The molecule has 1 aliphatic rings. The number of benzene rings is 2. The first-order valence-corrected chi connectivity index (χ1v) is 9.79. The number of carbonyl (C=O) groups is 1. The topological polar surface area (TPSA) is 32.3 Å². The maximum atomic E-state index is 12.5. The van der Waals surface area contributed by atoms with E-state index in [1.54, 1.807) is 0 Å². The van der Waals surface area contributed by atoms with Gasteiger partial charge >= 0.3 is 0 Å². The molecule has 3 nitrogen and oxygen atoms in total. The summed E-state index contributed by atoms with van der Waals surface area (Å²) in [6.45, 7) is 2.44. The van der Waals surface area contributed by atoms with E-state index < -0.39 is 0 Å². The number of anilines is 1. The Kier molecular flexibility index (Phi) is 6.39. The first-order valence-electron chi connectivity index (χ1n) is 8.24.